The maximum atomic E-state index is 13.0. The first kappa shape index (κ1) is 21.2. The highest BCUT2D eigenvalue weighted by Gasteiger charge is 2.45. The molecule has 1 unspecified atom stereocenters. The SMILES string of the molecule is CC(C)C[C@@H](C(=O)Nc1nc(C(=O)O)cs1)N1C(=O)NC(c2cccc(O)c2)C1=O. The number of imide groups is 1. The van der Waals surface area contributed by atoms with Crippen molar-refractivity contribution in [1.29, 1.82) is 0 Å². The van der Waals surface area contributed by atoms with Crippen LogP contribution in [-0.4, -0.2) is 50.0 Å². The summed E-state index contributed by atoms with van der Waals surface area (Å²) in [6.07, 6.45) is 0.203. The van der Waals surface area contributed by atoms with Crippen molar-refractivity contribution in [2.75, 3.05) is 5.32 Å². The summed E-state index contributed by atoms with van der Waals surface area (Å²) in [5.74, 6) is -2.56. The van der Waals surface area contributed by atoms with Crippen molar-refractivity contribution < 1.29 is 29.4 Å². The van der Waals surface area contributed by atoms with Gasteiger partial charge in [-0.1, -0.05) is 26.0 Å². The summed E-state index contributed by atoms with van der Waals surface area (Å²) in [6, 6.07) is 3.09. The lowest BCUT2D eigenvalue weighted by atomic mass is 10.0. The number of nitrogens with zero attached hydrogens (tertiary/aromatic N) is 2. The number of thiazole rings is 1. The van der Waals surface area contributed by atoms with Crippen molar-refractivity contribution in [2.24, 2.45) is 5.92 Å². The molecule has 2 aromatic rings. The van der Waals surface area contributed by atoms with E-state index in [1.54, 1.807) is 12.1 Å². The molecule has 1 saturated heterocycles. The Kier molecular flexibility index (Phi) is 6.01. The molecule has 4 amide bonds. The highest BCUT2D eigenvalue weighted by molar-refractivity contribution is 7.14. The maximum absolute atomic E-state index is 13.0. The van der Waals surface area contributed by atoms with Crippen LogP contribution in [0.25, 0.3) is 0 Å². The number of anilines is 1. The van der Waals surface area contributed by atoms with Crippen LogP contribution in [0.5, 0.6) is 5.75 Å². The number of carbonyl (C=O) groups excluding carboxylic acids is 3. The number of phenolic OH excluding ortho intramolecular Hbond substituents is 1. The van der Waals surface area contributed by atoms with Crippen molar-refractivity contribution in [3.8, 4) is 5.75 Å². The number of urea groups is 1. The molecule has 1 aliphatic rings. The van der Waals surface area contributed by atoms with E-state index >= 15 is 0 Å². The van der Waals surface area contributed by atoms with E-state index in [4.69, 9.17) is 5.11 Å². The molecule has 0 saturated carbocycles. The van der Waals surface area contributed by atoms with Crippen LogP contribution in [0.1, 0.15) is 42.4 Å². The molecule has 4 N–H and O–H groups in total. The summed E-state index contributed by atoms with van der Waals surface area (Å²) >= 11 is 0.930. The summed E-state index contributed by atoms with van der Waals surface area (Å²) in [4.78, 5) is 54.1. The second-order valence-corrected chi connectivity index (χ2v) is 8.02. The minimum Gasteiger partial charge on any atom is -0.508 e. The van der Waals surface area contributed by atoms with Gasteiger partial charge in [-0.15, -0.1) is 11.3 Å². The van der Waals surface area contributed by atoms with Crippen molar-refractivity contribution in [3.63, 3.8) is 0 Å². The van der Waals surface area contributed by atoms with Crippen LogP contribution in [0.15, 0.2) is 29.6 Å². The minimum atomic E-state index is -1.23. The van der Waals surface area contributed by atoms with Crippen LogP contribution in [-0.2, 0) is 9.59 Å². The molecule has 1 aliphatic heterocycles. The summed E-state index contributed by atoms with van der Waals surface area (Å²) in [5, 5.41) is 25.0. The molecule has 0 bridgehead atoms. The smallest absolute Gasteiger partial charge is 0.355 e. The van der Waals surface area contributed by atoms with Crippen molar-refractivity contribution in [3.05, 3.63) is 40.9 Å². The number of aromatic hydroxyl groups is 1. The first-order chi connectivity index (χ1) is 14.2. The summed E-state index contributed by atoms with van der Waals surface area (Å²) in [5.41, 5.74) is 0.181. The highest BCUT2D eigenvalue weighted by atomic mass is 32.1. The Morgan fingerprint density at radius 2 is 2.07 bits per heavy atom. The van der Waals surface area contributed by atoms with Gasteiger partial charge < -0.3 is 20.8 Å². The first-order valence-corrected chi connectivity index (χ1v) is 9.97. The third kappa shape index (κ3) is 4.40. The third-order valence-corrected chi connectivity index (χ3v) is 5.19. The molecule has 158 valence electrons. The Morgan fingerprint density at radius 3 is 2.67 bits per heavy atom. The predicted octanol–water partition coefficient (Wildman–Crippen LogP) is 2.19. The molecule has 30 heavy (non-hydrogen) atoms. The Morgan fingerprint density at radius 1 is 1.33 bits per heavy atom. The van der Waals surface area contributed by atoms with Gasteiger partial charge in [0.15, 0.2) is 10.8 Å². The van der Waals surface area contributed by atoms with E-state index in [0.29, 0.717) is 5.56 Å². The summed E-state index contributed by atoms with van der Waals surface area (Å²) in [7, 11) is 0. The fraction of sp³-hybridized carbons (Fsp3) is 0.316. The maximum Gasteiger partial charge on any atom is 0.355 e. The van der Waals surface area contributed by atoms with Crippen LogP contribution < -0.4 is 10.6 Å². The van der Waals surface area contributed by atoms with Gasteiger partial charge in [0, 0.05) is 5.38 Å². The van der Waals surface area contributed by atoms with Crippen LogP contribution in [0, 0.1) is 5.92 Å². The molecule has 1 aromatic heterocycles. The van der Waals surface area contributed by atoms with E-state index in [9.17, 15) is 24.3 Å². The summed E-state index contributed by atoms with van der Waals surface area (Å²) in [6.45, 7) is 3.69. The number of carbonyl (C=O) groups is 4. The molecule has 0 aliphatic carbocycles. The zero-order valence-corrected chi connectivity index (χ0v) is 17.0. The number of benzene rings is 1. The topological polar surface area (TPSA) is 149 Å². The van der Waals surface area contributed by atoms with Gasteiger partial charge in [0.2, 0.25) is 5.91 Å². The Labute approximate surface area is 175 Å². The van der Waals surface area contributed by atoms with Gasteiger partial charge in [-0.2, -0.15) is 0 Å². The van der Waals surface area contributed by atoms with Gasteiger partial charge in [0.1, 0.15) is 17.8 Å². The van der Waals surface area contributed by atoms with Crippen molar-refractivity contribution >= 4 is 40.3 Å². The fourth-order valence-corrected chi connectivity index (χ4v) is 3.80. The van der Waals surface area contributed by atoms with Crippen molar-refractivity contribution in [1.82, 2.24) is 15.2 Å². The number of carboxylic acids is 1. The zero-order chi connectivity index (χ0) is 22.0. The van der Waals surface area contributed by atoms with E-state index in [-0.39, 0.29) is 28.9 Å². The number of aromatic nitrogens is 1. The second-order valence-electron chi connectivity index (χ2n) is 7.16. The van der Waals surface area contributed by atoms with E-state index in [1.165, 1.54) is 17.5 Å². The van der Waals surface area contributed by atoms with Gasteiger partial charge in [-0.25, -0.2) is 19.5 Å². The molecule has 0 radical (unpaired) electrons. The third-order valence-electron chi connectivity index (χ3n) is 4.44. The van der Waals surface area contributed by atoms with Gasteiger partial charge in [-0.05, 0) is 30.0 Å². The van der Waals surface area contributed by atoms with Crippen LogP contribution in [0.4, 0.5) is 9.93 Å². The Hall–Kier alpha value is -3.47. The zero-order valence-electron chi connectivity index (χ0n) is 16.2. The number of aromatic carboxylic acids is 1. The molecule has 11 heteroatoms. The molecule has 2 atom stereocenters. The number of nitrogens with one attached hydrogen (secondary N) is 2. The number of phenols is 1. The number of carboxylic acid groups (broad SMARTS) is 1. The monoisotopic (exact) mass is 432 g/mol. The van der Waals surface area contributed by atoms with Crippen LogP contribution in [0.2, 0.25) is 0 Å². The first-order valence-electron chi connectivity index (χ1n) is 9.09. The van der Waals surface area contributed by atoms with Gasteiger partial charge in [0.05, 0.1) is 0 Å². The van der Waals surface area contributed by atoms with E-state index in [0.717, 1.165) is 16.2 Å². The predicted molar refractivity (Wildman–Crippen MR) is 107 cm³/mol. The van der Waals surface area contributed by atoms with Gasteiger partial charge in [-0.3, -0.25) is 9.59 Å². The molecular formula is C19H20N4O6S. The quantitative estimate of drug-likeness (QED) is 0.490. The molecule has 10 nitrogen and oxygen atoms in total. The lowest BCUT2D eigenvalue weighted by molar-refractivity contribution is -0.134. The summed E-state index contributed by atoms with van der Waals surface area (Å²) < 4.78 is 0. The minimum absolute atomic E-state index is 0.0213. The standard InChI is InChI=1S/C19H20N4O6S/c1-9(2)6-13(15(25)22-18-20-12(8-30-18)17(27)28)23-16(26)14(21-19(23)29)10-4-3-5-11(24)7-10/h3-5,7-9,13-14,24H,6H2,1-2H3,(H,21,29)(H,27,28)(H,20,22,25)/t13-,14?/m0/s1. The lowest BCUT2D eigenvalue weighted by Crippen LogP contribution is -2.48. The molecule has 1 fully saturated rings. The number of rotatable bonds is 7. The van der Waals surface area contributed by atoms with Gasteiger partial charge >= 0.3 is 12.0 Å². The van der Waals surface area contributed by atoms with E-state index in [1.807, 2.05) is 13.8 Å². The molecule has 3 rings (SSSR count). The van der Waals surface area contributed by atoms with Crippen molar-refractivity contribution in [2.45, 2.75) is 32.4 Å². The number of amides is 4. The molecule has 1 aromatic carbocycles. The molecular weight excluding hydrogens is 412 g/mol. The number of hydrogen-bond donors (Lipinski definition) is 4. The highest BCUT2D eigenvalue weighted by Crippen LogP contribution is 2.28. The van der Waals surface area contributed by atoms with Crippen LogP contribution >= 0.6 is 11.3 Å². The Bertz CT molecular complexity index is 1000. The molecule has 0 spiro atoms. The number of hydrogen-bond acceptors (Lipinski definition) is 7. The lowest BCUT2D eigenvalue weighted by Gasteiger charge is -2.25. The van der Waals surface area contributed by atoms with E-state index < -0.39 is 35.9 Å². The Balaban J connectivity index is 1.84. The van der Waals surface area contributed by atoms with Crippen LogP contribution in [0.3, 0.4) is 0 Å². The van der Waals surface area contributed by atoms with Gasteiger partial charge in [0.25, 0.3) is 5.91 Å². The fourth-order valence-electron chi connectivity index (χ4n) is 3.11. The van der Waals surface area contributed by atoms with E-state index in [2.05, 4.69) is 15.6 Å². The largest absolute Gasteiger partial charge is 0.508 e. The normalized spacial score (nSPS) is 17.2. The molecule has 2 heterocycles. The average Bonchev–Trinajstić information content (AvgIpc) is 3.24. The second kappa shape index (κ2) is 8.49. The average molecular weight is 432 g/mol.